The largest absolute Gasteiger partial charge is 0.361 e. The van der Waals surface area contributed by atoms with Crippen molar-refractivity contribution in [2.75, 3.05) is 6.54 Å². The van der Waals surface area contributed by atoms with E-state index in [1.165, 1.54) is 18.2 Å². The fraction of sp³-hybridized carbons (Fsp3) is 0.263. The second kappa shape index (κ2) is 6.28. The van der Waals surface area contributed by atoms with Crippen LogP contribution in [0.25, 0.3) is 10.9 Å². The van der Waals surface area contributed by atoms with Gasteiger partial charge in [0.1, 0.15) is 5.82 Å². The van der Waals surface area contributed by atoms with Crippen molar-refractivity contribution in [3.05, 3.63) is 65.6 Å². The van der Waals surface area contributed by atoms with Crippen molar-refractivity contribution in [2.24, 2.45) is 0 Å². The molecule has 0 fully saturated rings. The summed E-state index contributed by atoms with van der Waals surface area (Å²) in [6.07, 6.45) is 1.92. The summed E-state index contributed by atoms with van der Waals surface area (Å²) in [5.74, 6) is -0.418. The van der Waals surface area contributed by atoms with E-state index in [9.17, 15) is 12.8 Å². The molecule has 0 aliphatic heterocycles. The number of para-hydroxylation sites is 1. The first-order valence-electron chi connectivity index (χ1n) is 8.03. The Balaban J connectivity index is 1.85. The molecule has 0 atom stereocenters. The number of aryl methyl sites for hydroxylation is 1. The molecule has 1 heterocycles. The van der Waals surface area contributed by atoms with E-state index in [1.54, 1.807) is 6.92 Å². The summed E-state index contributed by atoms with van der Waals surface area (Å²) < 4.78 is 41.1. The first-order valence-corrected chi connectivity index (χ1v) is 9.51. The molecule has 25 heavy (non-hydrogen) atoms. The fourth-order valence-corrected chi connectivity index (χ4v) is 4.17. The van der Waals surface area contributed by atoms with Crippen molar-refractivity contribution >= 4 is 20.9 Å². The normalized spacial score (nSPS) is 12.6. The molecule has 3 rings (SSSR count). The minimum Gasteiger partial charge on any atom is -0.361 e. The second-order valence-electron chi connectivity index (χ2n) is 6.87. The molecule has 0 saturated carbocycles. The van der Waals surface area contributed by atoms with Crippen molar-refractivity contribution in [1.29, 1.82) is 0 Å². The highest BCUT2D eigenvalue weighted by atomic mass is 32.2. The number of aromatic amines is 1. The third-order valence-electron chi connectivity index (χ3n) is 4.46. The van der Waals surface area contributed by atoms with Crippen LogP contribution in [0.4, 0.5) is 4.39 Å². The topological polar surface area (TPSA) is 62.0 Å². The van der Waals surface area contributed by atoms with E-state index in [0.717, 1.165) is 16.5 Å². The highest BCUT2D eigenvalue weighted by Gasteiger charge is 2.26. The molecule has 0 bridgehead atoms. The number of nitrogens with one attached hydrogen (secondary N) is 2. The van der Waals surface area contributed by atoms with Crippen molar-refractivity contribution in [2.45, 2.75) is 31.1 Å². The van der Waals surface area contributed by atoms with Crippen LogP contribution in [0, 0.1) is 12.7 Å². The van der Waals surface area contributed by atoms with Gasteiger partial charge in [0, 0.05) is 29.1 Å². The Bertz CT molecular complexity index is 1020. The highest BCUT2D eigenvalue weighted by Crippen LogP contribution is 2.30. The summed E-state index contributed by atoms with van der Waals surface area (Å²) >= 11 is 0. The minimum absolute atomic E-state index is 0.0705. The zero-order valence-corrected chi connectivity index (χ0v) is 15.2. The lowest BCUT2D eigenvalue weighted by Gasteiger charge is -2.25. The fourth-order valence-electron chi connectivity index (χ4n) is 2.87. The molecule has 0 unspecified atom stereocenters. The van der Waals surface area contributed by atoms with Crippen LogP contribution in [0.3, 0.4) is 0 Å². The molecule has 0 saturated heterocycles. The van der Waals surface area contributed by atoms with Crippen molar-refractivity contribution in [3.63, 3.8) is 0 Å². The summed E-state index contributed by atoms with van der Waals surface area (Å²) in [5.41, 5.74) is 1.95. The Morgan fingerprint density at radius 3 is 2.60 bits per heavy atom. The van der Waals surface area contributed by atoms with Gasteiger partial charge in [0.05, 0.1) is 4.90 Å². The zero-order valence-electron chi connectivity index (χ0n) is 14.4. The lowest BCUT2D eigenvalue weighted by molar-refractivity contribution is 0.504. The molecular formula is C19H21FN2O2S. The van der Waals surface area contributed by atoms with E-state index < -0.39 is 21.3 Å². The van der Waals surface area contributed by atoms with Gasteiger partial charge in [-0.05, 0) is 42.3 Å². The van der Waals surface area contributed by atoms with Crippen LogP contribution in [0.15, 0.2) is 53.6 Å². The van der Waals surface area contributed by atoms with Gasteiger partial charge in [-0.3, -0.25) is 0 Å². The first-order chi connectivity index (χ1) is 11.7. The van der Waals surface area contributed by atoms with Gasteiger partial charge < -0.3 is 4.98 Å². The monoisotopic (exact) mass is 360 g/mol. The van der Waals surface area contributed by atoms with E-state index in [-0.39, 0.29) is 11.4 Å². The Morgan fingerprint density at radius 2 is 1.88 bits per heavy atom. The predicted molar refractivity (Wildman–Crippen MR) is 97.7 cm³/mol. The molecular weight excluding hydrogens is 339 g/mol. The maximum Gasteiger partial charge on any atom is 0.240 e. The van der Waals surface area contributed by atoms with E-state index in [2.05, 4.69) is 9.71 Å². The molecule has 0 spiro atoms. The SMILES string of the molecule is Cc1cc(S(=O)(=O)NCC(C)(C)c2c[nH]c3ccccc23)ccc1F. The molecule has 0 aliphatic carbocycles. The summed E-state index contributed by atoms with van der Waals surface area (Å²) in [4.78, 5) is 3.29. The predicted octanol–water partition coefficient (Wildman–Crippen LogP) is 3.87. The van der Waals surface area contributed by atoms with Crippen molar-refractivity contribution in [3.8, 4) is 0 Å². The Kier molecular flexibility index (Phi) is 4.43. The number of hydrogen-bond donors (Lipinski definition) is 2. The van der Waals surface area contributed by atoms with Gasteiger partial charge in [-0.2, -0.15) is 0 Å². The molecule has 2 N–H and O–H groups in total. The molecule has 0 aliphatic rings. The summed E-state index contributed by atoms with van der Waals surface area (Å²) in [6, 6.07) is 11.7. The van der Waals surface area contributed by atoms with Crippen LogP contribution >= 0.6 is 0 Å². The maximum atomic E-state index is 13.4. The number of sulfonamides is 1. The quantitative estimate of drug-likeness (QED) is 0.725. The molecule has 4 nitrogen and oxygen atoms in total. The average molecular weight is 360 g/mol. The Hall–Kier alpha value is -2.18. The zero-order chi connectivity index (χ0) is 18.2. The first kappa shape index (κ1) is 17.6. The molecule has 0 radical (unpaired) electrons. The molecule has 3 aromatic rings. The number of hydrogen-bond acceptors (Lipinski definition) is 2. The second-order valence-corrected chi connectivity index (χ2v) is 8.63. The third kappa shape index (κ3) is 3.45. The van der Waals surface area contributed by atoms with Gasteiger partial charge in [-0.1, -0.05) is 32.0 Å². The van der Waals surface area contributed by atoms with E-state index in [4.69, 9.17) is 0 Å². The highest BCUT2D eigenvalue weighted by molar-refractivity contribution is 7.89. The van der Waals surface area contributed by atoms with Crippen LogP contribution in [0.2, 0.25) is 0 Å². The number of fused-ring (bicyclic) bond motifs is 1. The molecule has 1 aromatic heterocycles. The minimum atomic E-state index is -3.70. The van der Waals surface area contributed by atoms with Crippen molar-refractivity contribution in [1.82, 2.24) is 9.71 Å². The average Bonchev–Trinajstić information content (AvgIpc) is 3.00. The number of H-pyrrole nitrogens is 1. The van der Waals surface area contributed by atoms with Crippen LogP contribution in [0.5, 0.6) is 0 Å². The number of aromatic nitrogens is 1. The molecule has 0 amide bonds. The lowest BCUT2D eigenvalue weighted by Crippen LogP contribution is -2.36. The molecule has 132 valence electrons. The number of halogens is 1. The maximum absolute atomic E-state index is 13.4. The van der Waals surface area contributed by atoms with Crippen LogP contribution in [0.1, 0.15) is 25.0 Å². The van der Waals surface area contributed by atoms with Gasteiger partial charge in [0.25, 0.3) is 0 Å². The van der Waals surface area contributed by atoms with Crippen LogP contribution in [-0.4, -0.2) is 19.9 Å². The standard InChI is InChI=1S/C19H21FN2O2S/c1-13-10-14(8-9-17(13)20)25(23,24)22-12-19(2,3)16-11-21-18-7-5-4-6-15(16)18/h4-11,21-22H,12H2,1-3H3. The lowest BCUT2D eigenvalue weighted by atomic mass is 9.85. The number of benzene rings is 2. The van der Waals surface area contributed by atoms with Gasteiger partial charge in [-0.15, -0.1) is 0 Å². The summed E-state index contributed by atoms with van der Waals surface area (Å²) in [7, 11) is -3.70. The van der Waals surface area contributed by atoms with E-state index in [0.29, 0.717) is 5.56 Å². The summed E-state index contributed by atoms with van der Waals surface area (Å²) in [5, 5.41) is 1.07. The molecule has 2 aromatic carbocycles. The third-order valence-corrected chi connectivity index (χ3v) is 5.86. The van der Waals surface area contributed by atoms with Crippen LogP contribution < -0.4 is 4.72 Å². The van der Waals surface area contributed by atoms with Gasteiger partial charge in [-0.25, -0.2) is 17.5 Å². The van der Waals surface area contributed by atoms with E-state index in [1.807, 2.05) is 44.3 Å². The summed E-state index contributed by atoms with van der Waals surface area (Å²) in [6.45, 7) is 5.75. The van der Waals surface area contributed by atoms with Gasteiger partial charge >= 0.3 is 0 Å². The number of rotatable bonds is 5. The Morgan fingerprint density at radius 1 is 1.16 bits per heavy atom. The van der Waals surface area contributed by atoms with Gasteiger partial charge in [0.15, 0.2) is 0 Å². The molecule has 6 heteroatoms. The van der Waals surface area contributed by atoms with Gasteiger partial charge in [0.2, 0.25) is 10.0 Å². The Labute approximate surface area is 147 Å². The van der Waals surface area contributed by atoms with Crippen molar-refractivity contribution < 1.29 is 12.8 Å². The van der Waals surface area contributed by atoms with E-state index >= 15 is 0 Å². The van der Waals surface area contributed by atoms with Crippen LogP contribution in [-0.2, 0) is 15.4 Å². The smallest absolute Gasteiger partial charge is 0.240 e.